The highest BCUT2D eigenvalue weighted by molar-refractivity contribution is 5.81. The first kappa shape index (κ1) is 11.2. The molecule has 1 fully saturated rings. The van der Waals surface area contributed by atoms with Crippen molar-refractivity contribution < 1.29 is 19.0 Å². The fraction of sp³-hybridized carbons (Fsp3) is 0.700. The third-order valence-electron chi connectivity index (χ3n) is 1.93. The van der Waals surface area contributed by atoms with E-state index in [4.69, 9.17) is 14.2 Å². The summed E-state index contributed by atoms with van der Waals surface area (Å²) in [5.41, 5.74) is 0. The van der Waals surface area contributed by atoms with E-state index in [2.05, 4.69) is 0 Å². The standard InChI is InChI=1S/C10H16O4/c1-3-12-9(11)5-4-6-10(2)13-7-8-14-10/h4-5H,3,6-8H2,1-2H3. The van der Waals surface area contributed by atoms with Crippen molar-refractivity contribution in [3.8, 4) is 0 Å². The number of carbonyl (C=O) groups is 1. The maximum Gasteiger partial charge on any atom is 0.330 e. The quantitative estimate of drug-likeness (QED) is 0.506. The smallest absolute Gasteiger partial charge is 0.330 e. The minimum absolute atomic E-state index is 0.325. The second-order valence-electron chi connectivity index (χ2n) is 3.19. The Morgan fingerprint density at radius 1 is 1.50 bits per heavy atom. The van der Waals surface area contributed by atoms with Crippen LogP contribution in [-0.4, -0.2) is 31.6 Å². The van der Waals surface area contributed by atoms with Gasteiger partial charge in [-0.3, -0.25) is 0 Å². The van der Waals surface area contributed by atoms with E-state index in [1.54, 1.807) is 13.0 Å². The largest absolute Gasteiger partial charge is 0.463 e. The molecule has 4 nitrogen and oxygen atoms in total. The normalized spacial score (nSPS) is 20.1. The number of rotatable bonds is 4. The van der Waals surface area contributed by atoms with Crippen LogP contribution >= 0.6 is 0 Å². The summed E-state index contributed by atoms with van der Waals surface area (Å²) in [4.78, 5) is 10.9. The van der Waals surface area contributed by atoms with Crippen molar-refractivity contribution in [2.45, 2.75) is 26.1 Å². The molecule has 14 heavy (non-hydrogen) atoms. The number of esters is 1. The van der Waals surface area contributed by atoms with Gasteiger partial charge >= 0.3 is 5.97 Å². The molecule has 1 rings (SSSR count). The highest BCUT2D eigenvalue weighted by Gasteiger charge is 2.29. The molecule has 4 heteroatoms. The van der Waals surface area contributed by atoms with Crippen LogP contribution in [0.3, 0.4) is 0 Å². The summed E-state index contributed by atoms with van der Waals surface area (Å²) in [6.07, 6.45) is 3.68. The van der Waals surface area contributed by atoms with Gasteiger partial charge in [-0.1, -0.05) is 6.08 Å². The molecule has 80 valence electrons. The molecule has 1 heterocycles. The second-order valence-corrected chi connectivity index (χ2v) is 3.19. The van der Waals surface area contributed by atoms with Crippen molar-refractivity contribution >= 4 is 5.97 Å². The molecule has 0 aliphatic carbocycles. The molecule has 1 aliphatic heterocycles. The monoisotopic (exact) mass is 200 g/mol. The van der Waals surface area contributed by atoms with Crippen molar-refractivity contribution in [1.29, 1.82) is 0 Å². The van der Waals surface area contributed by atoms with Gasteiger partial charge in [0.25, 0.3) is 0 Å². The second kappa shape index (κ2) is 5.12. The van der Waals surface area contributed by atoms with Gasteiger partial charge in [0.2, 0.25) is 0 Å². The van der Waals surface area contributed by atoms with Gasteiger partial charge in [0.15, 0.2) is 5.79 Å². The van der Waals surface area contributed by atoms with Crippen molar-refractivity contribution in [1.82, 2.24) is 0 Å². The number of carbonyl (C=O) groups excluding carboxylic acids is 1. The third kappa shape index (κ3) is 3.47. The van der Waals surface area contributed by atoms with E-state index < -0.39 is 5.79 Å². The SMILES string of the molecule is CCOC(=O)C=CCC1(C)OCCO1. The first-order valence-electron chi connectivity index (χ1n) is 4.77. The minimum atomic E-state index is -0.566. The van der Waals surface area contributed by atoms with Crippen LogP contribution in [0.1, 0.15) is 20.3 Å². The van der Waals surface area contributed by atoms with Crippen molar-refractivity contribution in [3.05, 3.63) is 12.2 Å². The molecule has 0 aromatic carbocycles. The van der Waals surface area contributed by atoms with Crippen LogP contribution in [-0.2, 0) is 19.0 Å². The Balaban J connectivity index is 2.28. The van der Waals surface area contributed by atoms with Gasteiger partial charge in [-0.05, 0) is 13.8 Å². The van der Waals surface area contributed by atoms with E-state index in [9.17, 15) is 4.79 Å². The Bertz CT molecular complexity index is 216. The van der Waals surface area contributed by atoms with Gasteiger partial charge in [0.05, 0.1) is 19.8 Å². The average molecular weight is 200 g/mol. The molecule has 0 unspecified atom stereocenters. The third-order valence-corrected chi connectivity index (χ3v) is 1.93. The van der Waals surface area contributed by atoms with Crippen LogP contribution in [0.4, 0.5) is 0 Å². The highest BCUT2D eigenvalue weighted by atomic mass is 16.7. The van der Waals surface area contributed by atoms with Crippen molar-refractivity contribution in [3.63, 3.8) is 0 Å². The first-order chi connectivity index (χ1) is 6.66. The number of hydrogen-bond donors (Lipinski definition) is 0. The summed E-state index contributed by atoms with van der Waals surface area (Å²) < 4.78 is 15.4. The predicted molar refractivity (Wildman–Crippen MR) is 50.7 cm³/mol. The molecule has 0 N–H and O–H groups in total. The molecule has 0 bridgehead atoms. The van der Waals surface area contributed by atoms with Crippen LogP contribution in [0, 0.1) is 0 Å². The summed E-state index contributed by atoms with van der Waals surface area (Å²) >= 11 is 0. The van der Waals surface area contributed by atoms with E-state index in [1.165, 1.54) is 6.08 Å². The van der Waals surface area contributed by atoms with Gasteiger partial charge in [-0.15, -0.1) is 0 Å². The molecule has 0 amide bonds. The Morgan fingerprint density at radius 2 is 2.14 bits per heavy atom. The predicted octanol–water partition coefficient (Wildman–Crippen LogP) is 1.26. The summed E-state index contributed by atoms with van der Waals surface area (Å²) in [6, 6.07) is 0. The fourth-order valence-corrected chi connectivity index (χ4v) is 1.23. The molecule has 0 radical (unpaired) electrons. The summed E-state index contributed by atoms with van der Waals surface area (Å²) in [5.74, 6) is -0.891. The maximum absolute atomic E-state index is 10.9. The minimum Gasteiger partial charge on any atom is -0.463 e. The molecular weight excluding hydrogens is 184 g/mol. The van der Waals surface area contributed by atoms with E-state index in [-0.39, 0.29) is 5.97 Å². The van der Waals surface area contributed by atoms with Crippen molar-refractivity contribution in [2.24, 2.45) is 0 Å². The summed E-state index contributed by atoms with van der Waals surface area (Å²) in [6.45, 7) is 5.26. The molecule has 0 spiro atoms. The zero-order valence-electron chi connectivity index (χ0n) is 8.62. The zero-order valence-corrected chi connectivity index (χ0v) is 8.62. The van der Waals surface area contributed by atoms with E-state index >= 15 is 0 Å². The maximum atomic E-state index is 10.9. The fourth-order valence-electron chi connectivity index (χ4n) is 1.23. The van der Waals surface area contributed by atoms with E-state index in [0.29, 0.717) is 26.2 Å². The molecule has 0 aromatic rings. The number of hydrogen-bond acceptors (Lipinski definition) is 4. The van der Waals surface area contributed by atoms with Gasteiger partial charge in [-0.2, -0.15) is 0 Å². The number of ether oxygens (including phenoxy) is 3. The Labute approximate surface area is 83.8 Å². The highest BCUT2D eigenvalue weighted by Crippen LogP contribution is 2.22. The van der Waals surface area contributed by atoms with Crippen LogP contribution in [0.25, 0.3) is 0 Å². The van der Waals surface area contributed by atoms with E-state index in [0.717, 1.165) is 0 Å². The average Bonchev–Trinajstić information content (AvgIpc) is 2.53. The molecule has 0 aromatic heterocycles. The van der Waals surface area contributed by atoms with Crippen LogP contribution in [0.15, 0.2) is 12.2 Å². The van der Waals surface area contributed by atoms with Gasteiger partial charge in [-0.25, -0.2) is 4.79 Å². The Hall–Kier alpha value is -0.870. The van der Waals surface area contributed by atoms with Crippen LogP contribution in [0.2, 0.25) is 0 Å². The van der Waals surface area contributed by atoms with Crippen LogP contribution < -0.4 is 0 Å². The molecule has 1 aliphatic rings. The lowest BCUT2D eigenvalue weighted by atomic mass is 10.2. The molecule has 1 saturated heterocycles. The lowest BCUT2D eigenvalue weighted by Gasteiger charge is -2.19. The Kier molecular flexibility index (Phi) is 4.10. The van der Waals surface area contributed by atoms with Gasteiger partial charge < -0.3 is 14.2 Å². The van der Waals surface area contributed by atoms with Gasteiger partial charge in [0, 0.05) is 12.5 Å². The first-order valence-corrected chi connectivity index (χ1v) is 4.77. The van der Waals surface area contributed by atoms with Crippen LogP contribution in [0.5, 0.6) is 0 Å². The van der Waals surface area contributed by atoms with Crippen molar-refractivity contribution in [2.75, 3.05) is 19.8 Å². The lowest BCUT2D eigenvalue weighted by molar-refractivity contribution is -0.139. The molecule has 0 saturated carbocycles. The van der Waals surface area contributed by atoms with E-state index in [1.807, 2.05) is 6.92 Å². The topological polar surface area (TPSA) is 44.8 Å². The molecule has 0 atom stereocenters. The summed E-state index contributed by atoms with van der Waals surface area (Å²) in [5, 5.41) is 0. The Morgan fingerprint density at radius 3 is 2.71 bits per heavy atom. The lowest BCUT2D eigenvalue weighted by Crippen LogP contribution is -2.24. The molecular formula is C10H16O4. The zero-order chi connectivity index (χ0) is 10.4. The van der Waals surface area contributed by atoms with Gasteiger partial charge in [0.1, 0.15) is 0 Å². The summed E-state index contributed by atoms with van der Waals surface area (Å²) in [7, 11) is 0.